The van der Waals surface area contributed by atoms with E-state index in [1.54, 1.807) is 0 Å². The molecule has 4 N–H and O–H groups in total. The second-order valence-corrected chi connectivity index (χ2v) is 7.09. The molecule has 0 saturated heterocycles. The number of hydrogen-bond acceptors (Lipinski definition) is 5. The number of benzene rings is 1. The molecule has 118 valence electrons. The van der Waals surface area contributed by atoms with Crippen LogP contribution in [0, 0.1) is 13.8 Å². The summed E-state index contributed by atoms with van der Waals surface area (Å²) in [6, 6.07) is 4.26. The van der Waals surface area contributed by atoms with Crippen LogP contribution in [0.5, 0.6) is 0 Å². The molecule has 22 heavy (non-hydrogen) atoms. The van der Waals surface area contributed by atoms with Crippen molar-refractivity contribution in [2.75, 3.05) is 4.90 Å². The average Bonchev–Trinajstić information content (AvgIpc) is 2.41. The highest BCUT2D eigenvalue weighted by molar-refractivity contribution is 9.10. The Bertz CT molecular complexity index is 635. The maximum absolute atomic E-state index is 6.28. The van der Waals surface area contributed by atoms with Crippen LogP contribution in [0.4, 0.5) is 5.69 Å². The van der Waals surface area contributed by atoms with E-state index < -0.39 is 5.66 Å². The summed E-state index contributed by atoms with van der Waals surface area (Å²) in [5.41, 5.74) is 15.2. The summed E-state index contributed by atoms with van der Waals surface area (Å²) >= 11 is 3.69. The molecule has 1 heterocycles. The van der Waals surface area contributed by atoms with Gasteiger partial charge in [-0.2, -0.15) is 4.99 Å². The van der Waals surface area contributed by atoms with E-state index in [0.29, 0.717) is 5.96 Å². The molecular weight excluding hydrogens is 342 g/mol. The summed E-state index contributed by atoms with van der Waals surface area (Å²) in [6.45, 7) is 4.18. The summed E-state index contributed by atoms with van der Waals surface area (Å²) in [7, 11) is 0. The van der Waals surface area contributed by atoms with Crippen LogP contribution in [-0.2, 0) is 0 Å². The van der Waals surface area contributed by atoms with Gasteiger partial charge in [-0.1, -0.05) is 12.5 Å². The van der Waals surface area contributed by atoms with E-state index in [9.17, 15) is 0 Å². The van der Waals surface area contributed by atoms with Crippen LogP contribution >= 0.6 is 15.9 Å². The number of nitrogens with zero attached hydrogens (tertiary/aromatic N) is 3. The third kappa shape index (κ3) is 2.49. The molecule has 1 aliphatic carbocycles. The lowest BCUT2D eigenvalue weighted by molar-refractivity contribution is 0.305. The highest BCUT2D eigenvalue weighted by Gasteiger charge is 2.43. The van der Waals surface area contributed by atoms with Gasteiger partial charge in [-0.25, -0.2) is 4.99 Å². The number of aryl methyl sites for hydroxylation is 2. The van der Waals surface area contributed by atoms with Gasteiger partial charge in [-0.05, 0) is 72.7 Å². The van der Waals surface area contributed by atoms with Gasteiger partial charge < -0.3 is 11.5 Å². The lowest BCUT2D eigenvalue weighted by Gasteiger charge is -2.46. The maximum atomic E-state index is 6.28. The van der Waals surface area contributed by atoms with Gasteiger partial charge in [0.1, 0.15) is 5.66 Å². The number of nitrogens with two attached hydrogens (primary N) is 2. The summed E-state index contributed by atoms with van der Waals surface area (Å²) < 4.78 is 1.02. The van der Waals surface area contributed by atoms with Crippen molar-refractivity contribution in [1.29, 1.82) is 0 Å². The van der Waals surface area contributed by atoms with Crippen molar-refractivity contribution in [3.05, 3.63) is 27.7 Å². The number of rotatable bonds is 1. The summed E-state index contributed by atoms with van der Waals surface area (Å²) in [5, 5.41) is 0. The first-order valence-electron chi connectivity index (χ1n) is 7.69. The highest BCUT2D eigenvalue weighted by Crippen LogP contribution is 2.43. The van der Waals surface area contributed by atoms with Crippen molar-refractivity contribution in [3.63, 3.8) is 0 Å². The van der Waals surface area contributed by atoms with Crippen LogP contribution in [0.2, 0.25) is 0 Å². The number of halogens is 1. The van der Waals surface area contributed by atoms with E-state index in [1.807, 2.05) is 0 Å². The van der Waals surface area contributed by atoms with Crippen molar-refractivity contribution >= 4 is 33.5 Å². The van der Waals surface area contributed by atoms with E-state index in [2.05, 4.69) is 51.8 Å². The Balaban J connectivity index is 2.16. The quantitative estimate of drug-likeness (QED) is 0.803. The van der Waals surface area contributed by atoms with E-state index in [-0.39, 0.29) is 5.96 Å². The van der Waals surface area contributed by atoms with Crippen LogP contribution in [-0.4, -0.2) is 17.6 Å². The standard InChI is InChI=1S/C16H22BrN5/c1-10-8-11(2)13(12(17)9-10)22-15(19)20-14(18)21-16(22)6-4-3-5-7-16/h8-9H,3-7H2,1-2H3,(H4,18,19,20,21). The van der Waals surface area contributed by atoms with Gasteiger partial charge in [-0.3, -0.25) is 4.90 Å². The molecule has 0 atom stereocenters. The Hall–Kier alpha value is -1.56. The third-order valence-electron chi connectivity index (χ3n) is 4.47. The van der Waals surface area contributed by atoms with Crippen molar-refractivity contribution in [3.8, 4) is 0 Å². The molecule has 1 saturated carbocycles. The van der Waals surface area contributed by atoms with E-state index in [1.165, 1.54) is 12.0 Å². The molecule has 0 unspecified atom stereocenters. The third-order valence-corrected chi connectivity index (χ3v) is 5.08. The molecule has 1 spiro atoms. The molecule has 0 amide bonds. The molecule has 1 aromatic carbocycles. The Morgan fingerprint density at radius 1 is 1.14 bits per heavy atom. The zero-order valence-corrected chi connectivity index (χ0v) is 14.7. The predicted molar refractivity (Wildman–Crippen MR) is 95.2 cm³/mol. The Kier molecular flexibility index (Phi) is 3.89. The first kappa shape index (κ1) is 15.3. The smallest absolute Gasteiger partial charge is 0.220 e. The fourth-order valence-electron chi connectivity index (χ4n) is 3.64. The summed E-state index contributed by atoms with van der Waals surface area (Å²) in [6.07, 6.45) is 5.38. The number of aliphatic imine (C=N–C) groups is 2. The largest absolute Gasteiger partial charge is 0.369 e. The molecule has 3 rings (SSSR count). The molecule has 0 bridgehead atoms. The predicted octanol–water partition coefficient (Wildman–Crippen LogP) is 3.18. The second kappa shape index (κ2) is 5.57. The van der Waals surface area contributed by atoms with Gasteiger partial charge in [0.05, 0.1) is 5.69 Å². The molecule has 0 aromatic heterocycles. The second-order valence-electron chi connectivity index (χ2n) is 6.23. The molecule has 6 heteroatoms. The van der Waals surface area contributed by atoms with Gasteiger partial charge in [0.25, 0.3) is 0 Å². The zero-order chi connectivity index (χ0) is 15.9. The van der Waals surface area contributed by atoms with Crippen molar-refractivity contribution in [2.45, 2.75) is 51.6 Å². The average molecular weight is 364 g/mol. The van der Waals surface area contributed by atoms with Crippen molar-refractivity contribution < 1.29 is 0 Å². The normalized spacial score (nSPS) is 20.8. The maximum Gasteiger partial charge on any atom is 0.220 e. The summed E-state index contributed by atoms with van der Waals surface area (Å²) in [5.74, 6) is 0.721. The van der Waals surface area contributed by atoms with E-state index in [4.69, 9.17) is 16.5 Å². The molecule has 1 aromatic rings. The Morgan fingerprint density at radius 2 is 1.82 bits per heavy atom. The van der Waals surface area contributed by atoms with Crippen LogP contribution < -0.4 is 16.4 Å². The van der Waals surface area contributed by atoms with Crippen LogP contribution in [0.1, 0.15) is 43.2 Å². The van der Waals surface area contributed by atoms with Gasteiger partial charge in [-0.15, -0.1) is 0 Å². The molecule has 2 aliphatic rings. The zero-order valence-electron chi connectivity index (χ0n) is 13.1. The molecule has 1 aliphatic heterocycles. The van der Waals surface area contributed by atoms with Gasteiger partial charge in [0.15, 0.2) is 0 Å². The first-order chi connectivity index (χ1) is 10.4. The van der Waals surface area contributed by atoms with Gasteiger partial charge >= 0.3 is 0 Å². The van der Waals surface area contributed by atoms with Gasteiger partial charge in [0, 0.05) is 4.47 Å². The molecular formula is C16H22BrN5. The van der Waals surface area contributed by atoms with Crippen LogP contribution in [0.3, 0.4) is 0 Å². The van der Waals surface area contributed by atoms with Crippen molar-refractivity contribution in [2.24, 2.45) is 21.5 Å². The fraction of sp³-hybridized carbons (Fsp3) is 0.500. The summed E-state index contributed by atoms with van der Waals surface area (Å²) in [4.78, 5) is 11.0. The van der Waals surface area contributed by atoms with E-state index in [0.717, 1.165) is 41.4 Å². The van der Waals surface area contributed by atoms with Crippen molar-refractivity contribution in [1.82, 2.24) is 0 Å². The monoisotopic (exact) mass is 363 g/mol. The van der Waals surface area contributed by atoms with Gasteiger partial charge in [0.2, 0.25) is 11.9 Å². The number of anilines is 1. The van der Waals surface area contributed by atoms with Crippen LogP contribution in [0.15, 0.2) is 26.6 Å². The first-order valence-corrected chi connectivity index (χ1v) is 8.49. The minimum absolute atomic E-state index is 0.288. The SMILES string of the molecule is Cc1cc(C)c(N2C(N)=NC(N)=NC23CCCCC3)c(Br)c1. The lowest BCUT2D eigenvalue weighted by atomic mass is 9.87. The minimum atomic E-state index is -0.392. The number of guanidine groups is 2. The molecule has 0 radical (unpaired) electrons. The minimum Gasteiger partial charge on any atom is -0.369 e. The Morgan fingerprint density at radius 3 is 2.45 bits per heavy atom. The highest BCUT2D eigenvalue weighted by atomic mass is 79.9. The topological polar surface area (TPSA) is 80.0 Å². The lowest BCUT2D eigenvalue weighted by Crippen LogP contribution is -2.58. The van der Waals surface area contributed by atoms with E-state index >= 15 is 0 Å². The van der Waals surface area contributed by atoms with Crippen LogP contribution in [0.25, 0.3) is 0 Å². The number of hydrogen-bond donors (Lipinski definition) is 2. The fourth-order valence-corrected chi connectivity index (χ4v) is 4.49. The molecule has 1 fully saturated rings. The molecule has 5 nitrogen and oxygen atoms in total. The Labute approximate surface area is 139 Å².